The molecule has 0 saturated carbocycles. The van der Waals surface area contributed by atoms with Crippen LogP contribution in [-0.4, -0.2) is 72.9 Å². The lowest BCUT2D eigenvalue weighted by Crippen LogP contribution is -2.53. The van der Waals surface area contributed by atoms with E-state index in [1.165, 1.54) is 9.80 Å². The summed E-state index contributed by atoms with van der Waals surface area (Å²) in [4.78, 5) is 55.1. The van der Waals surface area contributed by atoms with Crippen LogP contribution in [0.4, 0.5) is 16.2 Å². The molecule has 1 N–H and O–H groups in total. The third-order valence-corrected chi connectivity index (χ3v) is 6.06. The van der Waals surface area contributed by atoms with Crippen molar-refractivity contribution in [2.24, 2.45) is 5.92 Å². The van der Waals surface area contributed by atoms with Crippen LogP contribution >= 0.6 is 0 Å². The SMILES string of the molecule is CC(C)COC(=O)N1CCN(C(=O)C(=O)Nc2cccc(C(=O)N3CCc4ccccc43)c2)CC1. The number of nitrogens with zero attached hydrogens (tertiary/aromatic N) is 3. The number of para-hydroxylation sites is 1. The molecule has 2 aromatic carbocycles. The summed E-state index contributed by atoms with van der Waals surface area (Å²) in [7, 11) is 0. The van der Waals surface area contributed by atoms with Gasteiger partial charge in [-0.2, -0.15) is 0 Å². The fourth-order valence-corrected chi connectivity index (χ4v) is 4.18. The molecular weight excluding hydrogens is 448 g/mol. The molecule has 184 valence electrons. The van der Waals surface area contributed by atoms with E-state index in [9.17, 15) is 19.2 Å². The van der Waals surface area contributed by atoms with Crippen LogP contribution in [0.2, 0.25) is 0 Å². The standard InChI is InChI=1S/C26H30N4O5/c1-18(2)17-35-26(34)29-14-12-28(13-15-29)25(33)23(31)27-21-8-5-7-20(16-21)24(32)30-11-10-19-6-3-4-9-22(19)30/h3-9,16,18H,10-15,17H2,1-2H3,(H,27,31). The van der Waals surface area contributed by atoms with E-state index in [4.69, 9.17) is 4.74 Å². The van der Waals surface area contributed by atoms with Crippen LogP contribution in [0.15, 0.2) is 48.5 Å². The summed E-state index contributed by atoms with van der Waals surface area (Å²) in [6.45, 7) is 5.95. The predicted molar refractivity (Wildman–Crippen MR) is 131 cm³/mol. The maximum Gasteiger partial charge on any atom is 0.409 e. The lowest BCUT2D eigenvalue weighted by atomic mass is 10.1. The number of amides is 4. The molecule has 0 aromatic heterocycles. The first-order chi connectivity index (χ1) is 16.8. The molecule has 1 fully saturated rings. The first kappa shape index (κ1) is 24.3. The highest BCUT2D eigenvalue weighted by atomic mass is 16.6. The summed E-state index contributed by atoms with van der Waals surface area (Å²) in [5.41, 5.74) is 2.83. The van der Waals surface area contributed by atoms with Crippen LogP contribution in [0.1, 0.15) is 29.8 Å². The third-order valence-electron chi connectivity index (χ3n) is 6.06. The molecule has 9 nitrogen and oxygen atoms in total. The molecule has 0 aliphatic carbocycles. The molecule has 0 spiro atoms. The van der Waals surface area contributed by atoms with Gasteiger partial charge in [-0.05, 0) is 42.2 Å². The van der Waals surface area contributed by atoms with E-state index in [2.05, 4.69) is 5.32 Å². The lowest BCUT2D eigenvalue weighted by Gasteiger charge is -2.33. The van der Waals surface area contributed by atoms with Gasteiger partial charge in [0.25, 0.3) is 5.91 Å². The highest BCUT2D eigenvalue weighted by Gasteiger charge is 2.29. The Morgan fingerprint density at radius 3 is 2.37 bits per heavy atom. The van der Waals surface area contributed by atoms with Gasteiger partial charge in [0.2, 0.25) is 0 Å². The minimum atomic E-state index is -0.781. The number of anilines is 2. The van der Waals surface area contributed by atoms with E-state index in [1.807, 2.05) is 38.1 Å². The van der Waals surface area contributed by atoms with Crippen molar-refractivity contribution in [1.82, 2.24) is 9.80 Å². The van der Waals surface area contributed by atoms with Crippen molar-refractivity contribution in [3.63, 3.8) is 0 Å². The highest BCUT2D eigenvalue weighted by molar-refractivity contribution is 6.39. The average molecular weight is 479 g/mol. The molecule has 0 bridgehead atoms. The van der Waals surface area contributed by atoms with Crippen LogP contribution in [0.5, 0.6) is 0 Å². The number of carbonyl (C=O) groups excluding carboxylic acids is 4. The molecule has 4 rings (SSSR count). The lowest BCUT2D eigenvalue weighted by molar-refractivity contribution is -0.144. The second-order valence-corrected chi connectivity index (χ2v) is 9.12. The van der Waals surface area contributed by atoms with Gasteiger partial charge in [-0.15, -0.1) is 0 Å². The average Bonchev–Trinajstić information content (AvgIpc) is 3.30. The van der Waals surface area contributed by atoms with Crippen molar-refractivity contribution in [2.45, 2.75) is 20.3 Å². The number of carbonyl (C=O) groups is 4. The van der Waals surface area contributed by atoms with Gasteiger partial charge in [0, 0.05) is 49.7 Å². The minimum absolute atomic E-state index is 0.155. The molecule has 1 saturated heterocycles. The van der Waals surface area contributed by atoms with E-state index < -0.39 is 17.9 Å². The van der Waals surface area contributed by atoms with Crippen LogP contribution in [0, 0.1) is 5.92 Å². The van der Waals surface area contributed by atoms with Gasteiger partial charge >= 0.3 is 17.9 Å². The number of ether oxygens (including phenoxy) is 1. The van der Waals surface area contributed by atoms with Gasteiger partial charge in [0.1, 0.15) is 0 Å². The zero-order valence-corrected chi connectivity index (χ0v) is 20.0. The Bertz CT molecular complexity index is 1120. The maximum absolute atomic E-state index is 13.1. The van der Waals surface area contributed by atoms with Gasteiger partial charge in [0.15, 0.2) is 0 Å². The zero-order chi connectivity index (χ0) is 24.9. The monoisotopic (exact) mass is 478 g/mol. The summed E-state index contributed by atoms with van der Waals surface area (Å²) >= 11 is 0. The van der Waals surface area contributed by atoms with Crippen LogP contribution in [-0.2, 0) is 20.7 Å². The highest BCUT2D eigenvalue weighted by Crippen LogP contribution is 2.29. The Balaban J connectivity index is 1.33. The van der Waals surface area contributed by atoms with Gasteiger partial charge in [-0.1, -0.05) is 38.1 Å². The number of hydrogen-bond acceptors (Lipinski definition) is 5. The smallest absolute Gasteiger partial charge is 0.409 e. The number of benzene rings is 2. The fraction of sp³-hybridized carbons (Fsp3) is 0.385. The Hall–Kier alpha value is -3.88. The number of fused-ring (bicyclic) bond motifs is 1. The number of rotatable bonds is 4. The molecule has 0 atom stereocenters. The van der Waals surface area contributed by atoms with Gasteiger partial charge in [0.05, 0.1) is 6.61 Å². The van der Waals surface area contributed by atoms with E-state index >= 15 is 0 Å². The summed E-state index contributed by atoms with van der Waals surface area (Å²) in [6, 6.07) is 14.4. The fourth-order valence-electron chi connectivity index (χ4n) is 4.18. The van der Waals surface area contributed by atoms with Crippen LogP contribution < -0.4 is 10.2 Å². The summed E-state index contributed by atoms with van der Waals surface area (Å²) in [6.07, 6.45) is 0.396. The maximum atomic E-state index is 13.1. The molecule has 35 heavy (non-hydrogen) atoms. The van der Waals surface area contributed by atoms with Gasteiger partial charge in [-0.25, -0.2) is 4.79 Å². The van der Waals surface area contributed by atoms with E-state index in [1.54, 1.807) is 29.2 Å². The molecular formula is C26H30N4O5. The summed E-state index contributed by atoms with van der Waals surface area (Å²) < 4.78 is 5.23. The molecule has 2 heterocycles. The quantitative estimate of drug-likeness (QED) is 0.682. The zero-order valence-electron chi connectivity index (χ0n) is 20.0. The molecule has 2 aliphatic heterocycles. The number of piperazine rings is 1. The first-order valence-electron chi connectivity index (χ1n) is 11.9. The largest absolute Gasteiger partial charge is 0.449 e. The van der Waals surface area contributed by atoms with Gasteiger partial charge in [-0.3, -0.25) is 14.4 Å². The minimum Gasteiger partial charge on any atom is -0.449 e. The second-order valence-electron chi connectivity index (χ2n) is 9.12. The Kier molecular flexibility index (Phi) is 7.33. The Labute approximate surface area is 204 Å². The molecule has 9 heteroatoms. The molecule has 2 aromatic rings. The normalized spacial score (nSPS) is 15.1. The van der Waals surface area contributed by atoms with E-state index in [0.717, 1.165) is 17.7 Å². The first-order valence-corrected chi connectivity index (χ1v) is 11.9. The summed E-state index contributed by atoms with van der Waals surface area (Å²) in [5, 5.41) is 2.60. The van der Waals surface area contributed by atoms with Crippen LogP contribution in [0.3, 0.4) is 0 Å². The van der Waals surface area contributed by atoms with E-state index in [-0.39, 0.29) is 24.9 Å². The Morgan fingerprint density at radius 2 is 1.63 bits per heavy atom. The number of hydrogen-bond donors (Lipinski definition) is 1. The summed E-state index contributed by atoms with van der Waals surface area (Å²) in [5.74, 6) is -1.37. The molecule has 0 unspecified atom stereocenters. The topological polar surface area (TPSA) is 99.3 Å². The van der Waals surface area contributed by atoms with Crippen molar-refractivity contribution < 1.29 is 23.9 Å². The third kappa shape index (κ3) is 5.62. The molecule has 4 amide bonds. The second kappa shape index (κ2) is 10.6. The predicted octanol–water partition coefficient (Wildman–Crippen LogP) is 2.76. The van der Waals surface area contributed by atoms with E-state index in [0.29, 0.717) is 37.5 Å². The van der Waals surface area contributed by atoms with Crippen molar-refractivity contribution in [2.75, 3.05) is 49.5 Å². The van der Waals surface area contributed by atoms with Crippen LogP contribution in [0.25, 0.3) is 0 Å². The van der Waals surface area contributed by atoms with Crippen molar-refractivity contribution >= 4 is 35.2 Å². The molecule has 2 aliphatic rings. The van der Waals surface area contributed by atoms with Gasteiger partial charge < -0.3 is 24.8 Å². The van der Waals surface area contributed by atoms with Crippen molar-refractivity contribution in [1.29, 1.82) is 0 Å². The number of nitrogens with one attached hydrogen (secondary N) is 1. The van der Waals surface area contributed by atoms with Crippen molar-refractivity contribution in [3.05, 3.63) is 59.7 Å². The Morgan fingerprint density at radius 1 is 0.914 bits per heavy atom. The molecule has 0 radical (unpaired) electrons. The van der Waals surface area contributed by atoms with Crippen molar-refractivity contribution in [3.8, 4) is 0 Å².